The van der Waals surface area contributed by atoms with Crippen molar-refractivity contribution in [1.29, 1.82) is 0 Å². The Morgan fingerprint density at radius 2 is 1.92 bits per heavy atom. The number of aryl methyl sites for hydroxylation is 1. The summed E-state index contributed by atoms with van der Waals surface area (Å²) in [7, 11) is 0. The molecule has 1 atom stereocenters. The molecule has 2 aromatic carbocycles. The summed E-state index contributed by atoms with van der Waals surface area (Å²) in [5.74, 6) is -0.783. The lowest BCUT2D eigenvalue weighted by atomic mass is 9.94. The van der Waals surface area contributed by atoms with Crippen molar-refractivity contribution in [2.24, 2.45) is 5.73 Å². The van der Waals surface area contributed by atoms with Crippen molar-refractivity contribution in [2.45, 2.75) is 39.2 Å². The highest BCUT2D eigenvalue weighted by molar-refractivity contribution is 5.92. The predicted octanol–water partition coefficient (Wildman–Crippen LogP) is 4.06. The van der Waals surface area contributed by atoms with Gasteiger partial charge in [-0.3, -0.25) is 14.7 Å². The molecule has 1 fully saturated rings. The van der Waals surface area contributed by atoms with Crippen LogP contribution in [0.1, 0.15) is 39.9 Å². The van der Waals surface area contributed by atoms with E-state index in [9.17, 15) is 9.18 Å². The van der Waals surface area contributed by atoms with E-state index in [1.54, 1.807) is 10.7 Å². The maximum atomic E-state index is 14.4. The molecule has 2 aliphatic rings. The minimum atomic E-state index is -0.536. The van der Waals surface area contributed by atoms with Gasteiger partial charge < -0.3 is 10.6 Å². The standard InChI is InChI=1S/C28H30FN7O.2ClH/c1-17-6-7-22-23(31-17)14-20(29)15-26(22)35-13-12-34(18(2)16-35)11-10-19-4-3-5-24-21(19)8-9-25-27(28(30)37)32-33-36(24)25;;/h3-7,14-15,18H,8-13,16H2,1-2H3,(H2,30,37);2*1H/t18-;;/m1../s1. The number of nitrogens with zero attached hydrogens (tertiary/aromatic N) is 6. The van der Waals surface area contributed by atoms with E-state index in [1.807, 2.05) is 25.1 Å². The van der Waals surface area contributed by atoms with E-state index < -0.39 is 5.91 Å². The second kappa shape index (κ2) is 11.5. The molecule has 11 heteroatoms. The van der Waals surface area contributed by atoms with Gasteiger partial charge in [0.2, 0.25) is 0 Å². The van der Waals surface area contributed by atoms with E-state index in [-0.39, 0.29) is 36.3 Å². The number of pyridine rings is 1. The SMILES string of the molecule is Cc1ccc2c(N3CCN(CCc4cccc5c4CCc4c(C(N)=O)nnn4-5)[C@H](C)C3)cc(F)cc2n1.Cl.Cl. The lowest BCUT2D eigenvalue weighted by Crippen LogP contribution is -2.52. The van der Waals surface area contributed by atoms with Crippen molar-refractivity contribution in [1.82, 2.24) is 24.9 Å². The number of rotatable bonds is 5. The summed E-state index contributed by atoms with van der Waals surface area (Å²) in [5, 5.41) is 9.22. The summed E-state index contributed by atoms with van der Waals surface area (Å²) in [6, 6.07) is 13.8. The summed E-state index contributed by atoms with van der Waals surface area (Å²) in [4.78, 5) is 21.0. The second-order valence-electron chi connectivity index (χ2n) is 10.1. The molecule has 2 aliphatic heterocycles. The molecule has 8 nitrogen and oxygen atoms in total. The van der Waals surface area contributed by atoms with Crippen LogP contribution >= 0.6 is 24.8 Å². The van der Waals surface area contributed by atoms with E-state index >= 15 is 0 Å². The van der Waals surface area contributed by atoms with Gasteiger partial charge in [0.1, 0.15) is 5.82 Å². The zero-order valence-corrected chi connectivity index (χ0v) is 23.6. The van der Waals surface area contributed by atoms with Gasteiger partial charge in [0.05, 0.1) is 16.9 Å². The van der Waals surface area contributed by atoms with Gasteiger partial charge in [-0.15, -0.1) is 29.9 Å². The zero-order valence-electron chi connectivity index (χ0n) is 21.9. The first-order valence-corrected chi connectivity index (χ1v) is 12.8. The molecule has 39 heavy (non-hydrogen) atoms. The smallest absolute Gasteiger partial charge is 0.271 e. The molecule has 0 saturated carbocycles. The number of piperazine rings is 1. The fraction of sp³-hybridized carbons (Fsp3) is 0.357. The van der Waals surface area contributed by atoms with Crippen LogP contribution in [-0.2, 0) is 19.3 Å². The molecule has 206 valence electrons. The summed E-state index contributed by atoms with van der Waals surface area (Å²) in [5.41, 5.74) is 12.6. The summed E-state index contributed by atoms with van der Waals surface area (Å²) >= 11 is 0. The average Bonchev–Trinajstić information content (AvgIpc) is 3.32. The van der Waals surface area contributed by atoms with Crippen LogP contribution in [0, 0.1) is 12.7 Å². The lowest BCUT2D eigenvalue weighted by Gasteiger charge is -2.41. The van der Waals surface area contributed by atoms with Crippen LogP contribution in [0.2, 0.25) is 0 Å². The lowest BCUT2D eigenvalue weighted by molar-refractivity contribution is 0.0994. The molecular weight excluding hydrogens is 540 g/mol. The minimum Gasteiger partial charge on any atom is -0.368 e. The number of nitrogens with two attached hydrogens (primary N) is 1. The fourth-order valence-corrected chi connectivity index (χ4v) is 5.85. The highest BCUT2D eigenvalue weighted by Crippen LogP contribution is 2.31. The third-order valence-electron chi connectivity index (χ3n) is 7.75. The van der Waals surface area contributed by atoms with Crippen molar-refractivity contribution < 1.29 is 9.18 Å². The Morgan fingerprint density at radius 3 is 2.69 bits per heavy atom. The molecule has 4 heterocycles. The Morgan fingerprint density at radius 1 is 1.10 bits per heavy atom. The monoisotopic (exact) mass is 571 g/mol. The molecular formula is C28H32Cl2FN7O. The predicted molar refractivity (Wildman–Crippen MR) is 155 cm³/mol. The number of carbonyl (C=O) groups excluding carboxylic acids is 1. The van der Waals surface area contributed by atoms with Crippen LogP contribution in [0.3, 0.4) is 0 Å². The molecule has 0 spiro atoms. The van der Waals surface area contributed by atoms with Gasteiger partial charge in [0.15, 0.2) is 5.69 Å². The Bertz CT molecular complexity index is 1520. The molecule has 2 aromatic heterocycles. The maximum absolute atomic E-state index is 14.4. The minimum absolute atomic E-state index is 0. The van der Waals surface area contributed by atoms with Crippen LogP contribution < -0.4 is 10.6 Å². The van der Waals surface area contributed by atoms with Crippen LogP contribution in [0.15, 0.2) is 42.5 Å². The normalized spacial score (nSPS) is 16.7. The number of hydrogen-bond donors (Lipinski definition) is 1. The topological polar surface area (TPSA) is 93.2 Å². The van der Waals surface area contributed by atoms with Crippen molar-refractivity contribution in [3.05, 3.63) is 76.5 Å². The van der Waals surface area contributed by atoms with Gasteiger partial charge in [-0.25, -0.2) is 9.07 Å². The van der Waals surface area contributed by atoms with Crippen LogP contribution in [0.4, 0.5) is 10.1 Å². The first-order valence-electron chi connectivity index (χ1n) is 12.8. The van der Waals surface area contributed by atoms with Gasteiger partial charge in [0, 0.05) is 55.1 Å². The van der Waals surface area contributed by atoms with Crippen molar-refractivity contribution in [3.63, 3.8) is 0 Å². The number of benzene rings is 2. The molecule has 0 bridgehead atoms. The first kappa shape index (κ1) is 28.7. The Hall–Kier alpha value is -3.27. The average molecular weight is 573 g/mol. The Labute approximate surface area is 239 Å². The summed E-state index contributed by atoms with van der Waals surface area (Å²) < 4.78 is 16.2. The van der Waals surface area contributed by atoms with Crippen molar-refractivity contribution >= 4 is 47.3 Å². The molecule has 4 aromatic rings. The quantitative estimate of drug-likeness (QED) is 0.388. The van der Waals surface area contributed by atoms with Crippen LogP contribution in [-0.4, -0.2) is 63.0 Å². The van der Waals surface area contributed by atoms with Crippen molar-refractivity contribution in [3.8, 4) is 5.69 Å². The van der Waals surface area contributed by atoms with Gasteiger partial charge >= 0.3 is 0 Å². The summed E-state index contributed by atoms with van der Waals surface area (Å²) in [6.45, 7) is 7.68. The Balaban J connectivity index is 0.00000176. The number of hydrogen-bond acceptors (Lipinski definition) is 6. The van der Waals surface area contributed by atoms with Crippen LogP contribution in [0.25, 0.3) is 16.6 Å². The second-order valence-corrected chi connectivity index (χ2v) is 10.1. The number of aromatic nitrogens is 4. The highest BCUT2D eigenvalue weighted by atomic mass is 35.5. The molecule has 0 unspecified atom stereocenters. The molecule has 0 aliphatic carbocycles. The molecule has 0 radical (unpaired) electrons. The van der Waals surface area contributed by atoms with E-state index in [0.717, 1.165) is 67.2 Å². The van der Waals surface area contributed by atoms with Crippen molar-refractivity contribution in [2.75, 3.05) is 31.1 Å². The number of halogens is 3. The third-order valence-corrected chi connectivity index (χ3v) is 7.75. The Kier molecular flexibility index (Phi) is 8.44. The zero-order chi connectivity index (χ0) is 25.7. The molecule has 1 saturated heterocycles. The van der Waals surface area contributed by atoms with E-state index in [0.29, 0.717) is 18.0 Å². The third kappa shape index (κ3) is 5.31. The first-order chi connectivity index (χ1) is 17.9. The molecule has 6 rings (SSSR count). The number of primary amides is 1. The van der Waals surface area contributed by atoms with E-state index in [1.165, 1.54) is 17.2 Å². The van der Waals surface area contributed by atoms with E-state index in [4.69, 9.17) is 5.73 Å². The van der Waals surface area contributed by atoms with Gasteiger partial charge in [-0.2, -0.15) is 0 Å². The highest BCUT2D eigenvalue weighted by Gasteiger charge is 2.28. The van der Waals surface area contributed by atoms with Gasteiger partial charge in [-0.05, 0) is 68.5 Å². The number of fused-ring (bicyclic) bond motifs is 4. The number of carbonyl (C=O) groups is 1. The maximum Gasteiger partial charge on any atom is 0.271 e. The summed E-state index contributed by atoms with van der Waals surface area (Å²) in [6.07, 6.45) is 2.45. The number of anilines is 1. The van der Waals surface area contributed by atoms with E-state index in [2.05, 4.69) is 44.2 Å². The number of amides is 1. The largest absolute Gasteiger partial charge is 0.368 e. The fourth-order valence-electron chi connectivity index (χ4n) is 5.85. The van der Waals surface area contributed by atoms with Gasteiger partial charge in [-0.1, -0.05) is 17.3 Å². The van der Waals surface area contributed by atoms with Crippen LogP contribution in [0.5, 0.6) is 0 Å². The molecule has 1 amide bonds. The molecule has 2 N–H and O–H groups in total. The van der Waals surface area contributed by atoms with Gasteiger partial charge in [0.25, 0.3) is 5.91 Å².